The van der Waals surface area contributed by atoms with Crippen molar-refractivity contribution >= 4 is 35.6 Å². The second-order valence-electron chi connectivity index (χ2n) is 6.92. The van der Waals surface area contributed by atoms with Gasteiger partial charge in [0, 0.05) is 11.1 Å². The lowest BCUT2D eigenvalue weighted by molar-refractivity contribution is 0.573. The minimum absolute atomic E-state index is 0. The van der Waals surface area contributed by atoms with Gasteiger partial charge in [-0.15, -0.1) is 24.0 Å². The average Bonchev–Trinajstić information content (AvgIpc) is 3.22. The van der Waals surface area contributed by atoms with Crippen molar-refractivity contribution in [1.82, 2.24) is 0 Å². The van der Waals surface area contributed by atoms with Gasteiger partial charge < -0.3 is 11.1 Å². The first-order chi connectivity index (χ1) is 11.7. The Morgan fingerprint density at radius 3 is 2.64 bits per heavy atom. The van der Waals surface area contributed by atoms with Crippen LogP contribution < -0.4 is 11.1 Å². The number of hydrogen-bond donors (Lipinski definition) is 2. The molecule has 3 N–H and O–H groups in total. The van der Waals surface area contributed by atoms with Gasteiger partial charge in [-0.05, 0) is 67.0 Å². The zero-order valence-electron chi connectivity index (χ0n) is 14.1. The molecule has 2 aliphatic rings. The maximum Gasteiger partial charge on any atom is 0.193 e. The normalized spacial score (nSPS) is 17.6. The predicted molar refractivity (Wildman–Crippen MR) is 111 cm³/mol. The smallest absolute Gasteiger partial charge is 0.193 e. The molecular formula is C20H23FIN3. The van der Waals surface area contributed by atoms with E-state index in [9.17, 15) is 4.39 Å². The summed E-state index contributed by atoms with van der Waals surface area (Å²) in [6.07, 6.45) is 5.46. The van der Waals surface area contributed by atoms with E-state index >= 15 is 0 Å². The third kappa shape index (κ3) is 3.81. The number of nitrogens with one attached hydrogen (secondary N) is 1. The summed E-state index contributed by atoms with van der Waals surface area (Å²) in [4.78, 5) is 4.48. The highest BCUT2D eigenvalue weighted by atomic mass is 127. The third-order valence-corrected chi connectivity index (χ3v) is 5.22. The Morgan fingerprint density at radius 2 is 1.88 bits per heavy atom. The molecule has 132 valence electrons. The summed E-state index contributed by atoms with van der Waals surface area (Å²) < 4.78 is 14.0. The van der Waals surface area contributed by atoms with Gasteiger partial charge in [-0.25, -0.2) is 4.39 Å². The predicted octanol–water partition coefficient (Wildman–Crippen LogP) is 4.39. The highest BCUT2D eigenvalue weighted by molar-refractivity contribution is 14.0. The number of nitrogens with two attached hydrogens (primary N) is 1. The molecule has 0 aliphatic heterocycles. The highest BCUT2D eigenvalue weighted by Crippen LogP contribution is 2.49. The Bertz CT molecular complexity index is 799. The van der Waals surface area contributed by atoms with Gasteiger partial charge in [0.1, 0.15) is 5.82 Å². The Kier molecular flexibility index (Phi) is 5.32. The van der Waals surface area contributed by atoms with Crippen LogP contribution in [0.1, 0.15) is 36.0 Å². The first kappa shape index (κ1) is 18.2. The van der Waals surface area contributed by atoms with E-state index in [2.05, 4.69) is 28.5 Å². The van der Waals surface area contributed by atoms with Crippen molar-refractivity contribution in [2.45, 2.75) is 37.5 Å². The van der Waals surface area contributed by atoms with Crippen LogP contribution in [0.15, 0.2) is 47.5 Å². The summed E-state index contributed by atoms with van der Waals surface area (Å²) in [6.45, 7) is 0.526. The largest absolute Gasteiger partial charge is 0.370 e. The molecule has 1 saturated carbocycles. The van der Waals surface area contributed by atoms with Crippen LogP contribution in [0.4, 0.5) is 10.1 Å². The Balaban J connectivity index is 0.00000182. The number of hydrogen-bond acceptors (Lipinski definition) is 1. The second-order valence-corrected chi connectivity index (χ2v) is 6.92. The van der Waals surface area contributed by atoms with Crippen molar-refractivity contribution < 1.29 is 4.39 Å². The summed E-state index contributed by atoms with van der Waals surface area (Å²) in [7, 11) is 0. The van der Waals surface area contributed by atoms with Crippen molar-refractivity contribution in [3.8, 4) is 0 Å². The minimum Gasteiger partial charge on any atom is -0.370 e. The number of halogens is 2. The van der Waals surface area contributed by atoms with Gasteiger partial charge in [-0.1, -0.05) is 24.3 Å². The van der Waals surface area contributed by atoms with Crippen LogP contribution in [0, 0.1) is 5.82 Å². The zero-order chi connectivity index (χ0) is 16.6. The number of nitrogens with zero attached hydrogens (tertiary/aromatic N) is 1. The molecule has 0 amide bonds. The molecule has 3 nitrogen and oxygen atoms in total. The highest BCUT2D eigenvalue weighted by Gasteiger charge is 2.45. The maximum atomic E-state index is 14.0. The zero-order valence-corrected chi connectivity index (χ0v) is 16.4. The Labute approximate surface area is 164 Å². The fraction of sp³-hybridized carbons (Fsp3) is 0.350. The van der Waals surface area contributed by atoms with Crippen LogP contribution in [-0.4, -0.2) is 12.5 Å². The number of anilines is 1. The molecule has 0 radical (unpaired) electrons. The van der Waals surface area contributed by atoms with E-state index in [0.717, 1.165) is 30.5 Å². The van der Waals surface area contributed by atoms with E-state index in [4.69, 9.17) is 5.73 Å². The van der Waals surface area contributed by atoms with Gasteiger partial charge in [0.15, 0.2) is 5.96 Å². The van der Waals surface area contributed by atoms with E-state index in [-0.39, 0.29) is 35.2 Å². The van der Waals surface area contributed by atoms with Gasteiger partial charge in [-0.3, -0.25) is 4.99 Å². The lowest BCUT2D eigenvalue weighted by Gasteiger charge is -2.15. The standard InChI is InChI=1S/C20H22FN3.HI/c21-18-7-2-1-6-17(18)20(10-11-20)13-23-19(22)24-16-9-8-14-4-3-5-15(14)12-16;/h1-2,6-9,12H,3-5,10-11,13H2,(H3,22,23,24);1H. The topological polar surface area (TPSA) is 50.4 Å². The van der Waals surface area contributed by atoms with Gasteiger partial charge in [-0.2, -0.15) is 0 Å². The van der Waals surface area contributed by atoms with Gasteiger partial charge >= 0.3 is 0 Å². The molecule has 0 aromatic heterocycles. The summed E-state index contributed by atoms with van der Waals surface area (Å²) in [6, 6.07) is 13.4. The molecule has 4 rings (SSSR count). The summed E-state index contributed by atoms with van der Waals surface area (Å²) in [5, 5.41) is 3.17. The molecule has 1 fully saturated rings. The summed E-state index contributed by atoms with van der Waals surface area (Å²) in [5.74, 6) is 0.255. The number of guanidine groups is 1. The van der Waals surface area contributed by atoms with Crippen molar-refractivity contribution in [3.05, 3.63) is 65.0 Å². The molecular weight excluding hydrogens is 428 g/mol. The van der Waals surface area contributed by atoms with Crippen LogP contribution in [0.5, 0.6) is 0 Å². The summed E-state index contributed by atoms with van der Waals surface area (Å²) >= 11 is 0. The Hall–Kier alpha value is -1.63. The van der Waals surface area contributed by atoms with Gasteiger partial charge in [0.25, 0.3) is 0 Å². The first-order valence-corrected chi connectivity index (χ1v) is 8.60. The molecule has 0 spiro atoms. The summed E-state index contributed by atoms with van der Waals surface area (Å²) in [5.41, 5.74) is 10.5. The Morgan fingerprint density at radius 1 is 1.12 bits per heavy atom. The molecule has 0 saturated heterocycles. The quantitative estimate of drug-likeness (QED) is 0.412. The molecule has 0 bridgehead atoms. The molecule has 0 atom stereocenters. The van der Waals surface area contributed by atoms with Crippen LogP contribution in [0.2, 0.25) is 0 Å². The van der Waals surface area contributed by atoms with Crippen molar-refractivity contribution in [2.75, 3.05) is 11.9 Å². The van der Waals surface area contributed by atoms with Crippen LogP contribution in [-0.2, 0) is 18.3 Å². The van der Waals surface area contributed by atoms with Crippen molar-refractivity contribution in [2.24, 2.45) is 10.7 Å². The second kappa shape index (κ2) is 7.32. The fourth-order valence-electron chi connectivity index (χ4n) is 3.63. The number of rotatable bonds is 4. The average molecular weight is 451 g/mol. The van der Waals surface area contributed by atoms with Gasteiger partial charge in [0.05, 0.1) is 6.54 Å². The van der Waals surface area contributed by atoms with E-state index in [0.29, 0.717) is 12.5 Å². The van der Waals surface area contributed by atoms with E-state index in [1.54, 1.807) is 6.07 Å². The fourth-order valence-corrected chi connectivity index (χ4v) is 3.63. The lowest BCUT2D eigenvalue weighted by Crippen LogP contribution is -2.25. The molecule has 2 aromatic carbocycles. The molecule has 5 heteroatoms. The molecule has 0 heterocycles. The van der Waals surface area contributed by atoms with E-state index in [1.807, 2.05) is 12.1 Å². The van der Waals surface area contributed by atoms with Crippen molar-refractivity contribution in [3.63, 3.8) is 0 Å². The number of aryl methyl sites for hydroxylation is 2. The first-order valence-electron chi connectivity index (χ1n) is 8.60. The molecule has 2 aliphatic carbocycles. The SMILES string of the molecule is I.NC(=NCC1(c2ccccc2F)CC1)Nc1ccc2c(c1)CCC2. The third-order valence-electron chi connectivity index (χ3n) is 5.22. The lowest BCUT2D eigenvalue weighted by atomic mass is 9.95. The van der Waals surface area contributed by atoms with E-state index in [1.165, 1.54) is 30.0 Å². The number of benzene rings is 2. The van der Waals surface area contributed by atoms with E-state index < -0.39 is 0 Å². The van der Waals surface area contributed by atoms with Crippen LogP contribution in [0.3, 0.4) is 0 Å². The van der Waals surface area contributed by atoms with Crippen LogP contribution >= 0.6 is 24.0 Å². The van der Waals surface area contributed by atoms with Gasteiger partial charge in [0.2, 0.25) is 0 Å². The monoisotopic (exact) mass is 451 g/mol. The molecule has 25 heavy (non-hydrogen) atoms. The maximum absolute atomic E-state index is 14.0. The van der Waals surface area contributed by atoms with Crippen molar-refractivity contribution in [1.29, 1.82) is 0 Å². The molecule has 0 unspecified atom stereocenters. The van der Waals surface area contributed by atoms with Crippen LogP contribution in [0.25, 0.3) is 0 Å². The number of aliphatic imine (C=N–C) groups is 1. The minimum atomic E-state index is -0.171. The number of fused-ring (bicyclic) bond motifs is 1. The molecule has 2 aromatic rings.